The predicted octanol–water partition coefficient (Wildman–Crippen LogP) is 0.901. The number of hydrogen-bond donors (Lipinski definition) is 2. The van der Waals surface area contributed by atoms with Gasteiger partial charge in [-0.3, -0.25) is 4.79 Å². The maximum absolute atomic E-state index is 11.7. The largest absolute Gasteiger partial charge is 0.378 e. The van der Waals surface area contributed by atoms with Crippen molar-refractivity contribution >= 4 is 5.91 Å². The molecular weight excluding hydrogens is 204 g/mol. The molecule has 0 aromatic carbocycles. The molecule has 0 radical (unpaired) electrons. The molecule has 0 aromatic rings. The molecule has 1 saturated heterocycles. The van der Waals surface area contributed by atoms with E-state index in [1.54, 1.807) is 0 Å². The highest BCUT2D eigenvalue weighted by Gasteiger charge is 2.26. The van der Waals surface area contributed by atoms with Crippen LogP contribution in [0.15, 0.2) is 0 Å². The lowest BCUT2D eigenvalue weighted by Gasteiger charge is -2.20. The monoisotopic (exact) mass is 228 g/mol. The Bertz CT molecular complexity index is 233. The Balaban J connectivity index is 2.29. The molecule has 3 N–H and O–H groups in total. The summed E-state index contributed by atoms with van der Waals surface area (Å²) in [6.07, 6.45) is 2.21. The van der Waals surface area contributed by atoms with E-state index in [4.69, 9.17) is 10.5 Å². The Morgan fingerprint density at radius 2 is 2.31 bits per heavy atom. The summed E-state index contributed by atoms with van der Waals surface area (Å²) < 4.78 is 5.44. The van der Waals surface area contributed by atoms with Crippen molar-refractivity contribution in [2.24, 2.45) is 17.6 Å². The summed E-state index contributed by atoms with van der Waals surface area (Å²) >= 11 is 0. The topological polar surface area (TPSA) is 64.4 Å². The minimum Gasteiger partial charge on any atom is -0.378 e. The van der Waals surface area contributed by atoms with Crippen LogP contribution in [0.4, 0.5) is 0 Å². The fraction of sp³-hybridized carbons (Fsp3) is 0.917. The molecule has 0 aliphatic carbocycles. The van der Waals surface area contributed by atoms with Gasteiger partial charge in [0, 0.05) is 19.1 Å². The molecule has 16 heavy (non-hydrogen) atoms. The van der Waals surface area contributed by atoms with Gasteiger partial charge in [0.05, 0.1) is 12.1 Å². The van der Waals surface area contributed by atoms with E-state index in [1.165, 1.54) is 0 Å². The second kappa shape index (κ2) is 6.21. The number of ether oxygens (including phenoxy) is 1. The van der Waals surface area contributed by atoms with Gasteiger partial charge >= 0.3 is 0 Å². The molecule has 4 unspecified atom stereocenters. The van der Waals surface area contributed by atoms with Crippen molar-refractivity contribution in [2.75, 3.05) is 13.2 Å². The Labute approximate surface area is 97.9 Å². The molecule has 4 heteroatoms. The van der Waals surface area contributed by atoms with Crippen LogP contribution in [-0.4, -0.2) is 31.2 Å². The van der Waals surface area contributed by atoms with Crippen molar-refractivity contribution in [3.63, 3.8) is 0 Å². The van der Waals surface area contributed by atoms with Crippen LogP contribution in [-0.2, 0) is 9.53 Å². The molecule has 1 rings (SSSR count). The van der Waals surface area contributed by atoms with Crippen molar-refractivity contribution in [3.05, 3.63) is 0 Å². The third kappa shape index (κ3) is 3.46. The fourth-order valence-electron chi connectivity index (χ4n) is 1.91. The second-order valence-electron chi connectivity index (χ2n) is 4.78. The summed E-state index contributed by atoms with van der Waals surface area (Å²) in [5, 5.41) is 2.93. The van der Waals surface area contributed by atoms with E-state index in [-0.39, 0.29) is 24.0 Å². The van der Waals surface area contributed by atoms with Gasteiger partial charge < -0.3 is 15.8 Å². The third-order valence-electron chi connectivity index (χ3n) is 3.63. The minimum atomic E-state index is -0.386. The number of carbonyl (C=O) groups excluding carboxylic acids is 1. The molecule has 4 atom stereocenters. The van der Waals surface area contributed by atoms with Gasteiger partial charge in [0.1, 0.15) is 0 Å². The van der Waals surface area contributed by atoms with E-state index >= 15 is 0 Å². The van der Waals surface area contributed by atoms with Crippen molar-refractivity contribution in [3.8, 4) is 0 Å². The van der Waals surface area contributed by atoms with Crippen LogP contribution in [0.2, 0.25) is 0 Å². The van der Waals surface area contributed by atoms with Crippen LogP contribution in [0.25, 0.3) is 0 Å². The summed E-state index contributed by atoms with van der Waals surface area (Å²) in [4.78, 5) is 11.7. The standard InChI is InChI=1S/C12H24N2O2/c1-4-8(2)11(13)12(15)14-7-10-5-6-16-9(10)3/h8-11H,4-7,13H2,1-3H3,(H,14,15). The van der Waals surface area contributed by atoms with E-state index < -0.39 is 0 Å². The summed E-state index contributed by atoms with van der Waals surface area (Å²) in [6.45, 7) is 7.60. The fourth-order valence-corrected chi connectivity index (χ4v) is 1.91. The van der Waals surface area contributed by atoms with E-state index in [2.05, 4.69) is 12.2 Å². The summed E-state index contributed by atoms with van der Waals surface area (Å²) in [5.41, 5.74) is 5.85. The van der Waals surface area contributed by atoms with Gasteiger partial charge in [0.25, 0.3) is 0 Å². The zero-order chi connectivity index (χ0) is 12.1. The highest BCUT2D eigenvalue weighted by molar-refractivity contribution is 5.81. The van der Waals surface area contributed by atoms with Crippen molar-refractivity contribution in [1.29, 1.82) is 0 Å². The predicted molar refractivity (Wildman–Crippen MR) is 64.0 cm³/mol. The number of carbonyl (C=O) groups is 1. The third-order valence-corrected chi connectivity index (χ3v) is 3.63. The normalized spacial score (nSPS) is 28.8. The van der Waals surface area contributed by atoms with Crippen LogP contribution in [0.5, 0.6) is 0 Å². The number of nitrogens with one attached hydrogen (secondary N) is 1. The van der Waals surface area contributed by atoms with Crippen molar-refractivity contribution in [2.45, 2.75) is 45.8 Å². The molecule has 1 heterocycles. The van der Waals surface area contributed by atoms with Gasteiger partial charge in [-0.05, 0) is 19.3 Å². The van der Waals surface area contributed by atoms with Crippen LogP contribution < -0.4 is 11.1 Å². The van der Waals surface area contributed by atoms with E-state index in [0.29, 0.717) is 12.5 Å². The van der Waals surface area contributed by atoms with Crippen molar-refractivity contribution < 1.29 is 9.53 Å². The molecular formula is C12H24N2O2. The molecule has 0 saturated carbocycles. The van der Waals surface area contributed by atoms with Gasteiger partial charge in [-0.25, -0.2) is 0 Å². The molecule has 0 spiro atoms. The van der Waals surface area contributed by atoms with Gasteiger partial charge in [0.2, 0.25) is 5.91 Å². The molecule has 0 bridgehead atoms. The van der Waals surface area contributed by atoms with Gasteiger partial charge in [-0.15, -0.1) is 0 Å². The quantitative estimate of drug-likeness (QED) is 0.735. The number of hydrogen-bond acceptors (Lipinski definition) is 3. The summed E-state index contributed by atoms with van der Waals surface area (Å²) in [6, 6.07) is -0.386. The molecule has 1 aliphatic heterocycles. The Kier molecular flexibility index (Phi) is 5.22. The number of amides is 1. The van der Waals surface area contributed by atoms with Crippen LogP contribution in [0.1, 0.15) is 33.6 Å². The molecule has 4 nitrogen and oxygen atoms in total. The first-order valence-electron chi connectivity index (χ1n) is 6.21. The highest BCUT2D eigenvalue weighted by atomic mass is 16.5. The van der Waals surface area contributed by atoms with E-state index in [9.17, 15) is 4.79 Å². The second-order valence-corrected chi connectivity index (χ2v) is 4.78. The van der Waals surface area contributed by atoms with Gasteiger partial charge in [0.15, 0.2) is 0 Å². The average molecular weight is 228 g/mol. The molecule has 1 amide bonds. The zero-order valence-electron chi connectivity index (χ0n) is 10.5. The summed E-state index contributed by atoms with van der Waals surface area (Å²) in [5.74, 6) is 0.638. The summed E-state index contributed by atoms with van der Waals surface area (Å²) in [7, 11) is 0. The Morgan fingerprint density at radius 3 is 2.81 bits per heavy atom. The maximum atomic E-state index is 11.7. The van der Waals surface area contributed by atoms with Crippen LogP contribution >= 0.6 is 0 Å². The first-order chi connectivity index (χ1) is 7.56. The average Bonchev–Trinajstić information content (AvgIpc) is 2.69. The highest BCUT2D eigenvalue weighted by Crippen LogP contribution is 2.19. The lowest BCUT2D eigenvalue weighted by molar-refractivity contribution is -0.123. The van der Waals surface area contributed by atoms with Crippen molar-refractivity contribution in [1.82, 2.24) is 5.32 Å². The van der Waals surface area contributed by atoms with Gasteiger partial charge in [-0.2, -0.15) is 0 Å². The Morgan fingerprint density at radius 1 is 1.62 bits per heavy atom. The molecule has 94 valence electrons. The number of rotatable bonds is 5. The zero-order valence-corrected chi connectivity index (χ0v) is 10.5. The SMILES string of the molecule is CCC(C)C(N)C(=O)NCC1CCOC1C. The van der Waals surface area contributed by atoms with Crippen LogP contribution in [0.3, 0.4) is 0 Å². The van der Waals surface area contributed by atoms with E-state index in [0.717, 1.165) is 19.4 Å². The lowest BCUT2D eigenvalue weighted by atomic mass is 9.98. The first kappa shape index (κ1) is 13.5. The molecule has 0 aromatic heterocycles. The number of nitrogens with two attached hydrogens (primary N) is 1. The smallest absolute Gasteiger partial charge is 0.237 e. The van der Waals surface area contributed by atoms with E-state index in [1.807, 2.05) is 13.8 Å². The Hall–Kier alpha value is -0.610. The molecule has 1 fully saturated rings. The molecule has 1 aliphatic rings. The van der Waals surface area contributed by atoms with Crippen LogP contribution in [0, 0.1) is 11.8 Å². The minimum absolute atomic E-state index is 0.0338. The first-order valence-corrected chi connectivity index (χ1v) is 6.21. The lowest BCUT2D eigenvalue weighted by Crippen LogP contribution is -2.46. The maximum Gasteiger partial charge on any atom is 0.237 e. The van der Waals surface area contributed by atoms with Gasteiger partial charge in [-0.1, -0.05) is 20.3 Å².